The van der Waals surface area contributed by atoms with Gasteiger partial charge in [0.25, 0.3) is 0 Å². The Hall–Kier alpha value is -1.26. The lowest BCUT2D eigenvalue weighted by Gasteiger charge is -2.24. The average molecular weight is 272 g/mol. The Morgan fingerprint density at radius 3 is 2.50 bits per heavy atom. The number of hydrogen-bond acceptors (Lipinski definition) is 3. The minimum Gasteiger partial charge on any atom is -0.492 e. The number of carboxylic acid groups (broad SMARTS) is 1. The number of carboxylic acids is 1. The van der Waals surface area contributed by atoms with Crippen LogP contribution < -0.4 is 4.74 Å². The van der Waals surface area contributed by atoms with Crippen molar-refractivity contribution in [3.63, 3.8) is 0 Å². The molecule has 0 aliphatic heterocycles. The number of hydrogen-bond donors (Lipinski definition) is 1. The molecule has 0 fully saturated rings. The molecule has 1 N–H and O–H groups in total. The van der Waals surface area contributed by atoms with Crippen molar-refractivity contribution in [2.45, 2.75) is 19.9 Å². The molecule has 0 aliphatic rings. The van der Waals surface area contributed by atoms with E-state index in [4.69, 9.17) is 21.4 Å². The van der Waals surface area contributed by atoms with Crippen LogP contribution >= 0.6 is 11.6 Å². The fourth-order valence-corrected chi connectivity index (χ4v) is 1.63. The van der Waals surface area contributed by atoms with Crippen molar-refractivity contribution in [3.05, 3.63) is 29.3 Å². The Bertz CT molecular complexity index is 378. The summed E-state index contributed by atoms with van der Waals surface area (Å²) in [4.78, 5) is 12.5. The van der Waals surface area contributed by atoms with Gasteiger partial charge in [0, 0.05) is 17.6 Å². The third kappa shape index (κ3) is 5.38. The Morgan fingerprint density at radius 1 is 1.39 bits per heavy atom. The SMILES string of the molecule is CC(C)N(CCOc1ccc(Cl)cc1)CC(=O)O. The Labute approximate surface area is 112 Å². The maximum Gasteiger partial charge on any atom is 0.317 e. The highest BCUT2D eigenvalue weighted by Gasteiger charge is 2.12. The molecule has 0 bridgehead atoms. The molecule has 1 rings (SSSR count). The van der Waals surface area contributed by atoms with Crippen LogP contribution in [-0.2, 0) is 4.79 Å². The van der Waals surface area contributed by atoms with Gasteiger partial charge in [-0.15, -0.1) is 0 Å². The Balaban J connectivity index is 2.38. The minimum atomic E-state index is -0.824. The van der Waals surface area contributed by atoms with Gasteiger partial charge in [-0.05, 0) is 38.1 Å². The maximum atomic E-state index is 10.7. The van der Waals surface area contributed by atoms with E-state index in [0.717, 1.165) is 5.75 Å². The number of halogens is 1. The summed E-state index contributed by atoms with van der Waals surface area (Å²) in [6.45, 7) is 4.98. The van der Waals surface area contributed by atoms with Crippen molar-refractivity contribution >= 4 is 17.6 Å². The van der Waals surface area contributed by atoms with E-state index < -0.39 is 5.97 Å². The minimum absolute atomic E-state index is 0.0294. The highest BCUT2D eigenvalue weighted by atomic mass is 35.5. The van der Waals surface area contributed by atoms with E-state index in [2.05, 4.69) is 0 Å². The first-order valence-corrected chi connectivity index (χ1v) is 6.21. The molecule has 1 aromatic carbocycles. The topological polar surface area (TPSA) is 49.8 Å². The normalized spacial score (nSPS) is 10.9. The van der Waals surface area contributed by atoms with Crippen molar-refractivity contribution in [1.29, 1.82) is 0 Å². The van der Waals surface area contributed by atoms with Gasteiger partial charge in [-0.25, -0.2) is 0 Å². The van der Waals surface area contributed by atoms with Crippen LogP contribution in [0.1, 0.15) is 13.8 Å². The van der Waals surface area contributed by atoms with Crippen LogP contribution in [0.4, 0.5) is 0 Å². The number of ether oxygens (including phenoxy) is 1. The molecule has 0 amide bonds. The van der Waals surface area contributed by atoms with E-state index in [1.54, 1.807) is 24.3 Å². The lowest BCUT2D eigenvalue weighted by Crippen LogP contribution is -2.38. The molecule has 5 heteroatoms. The smallest absolute Gasteiger partial charge is 0.317 e. The van der Waals surface area contributed by atoms with Crippen LogP contribution in [0, 0.1) is 0 Å². The maximum absolute atomic E-state index is 10.7. The van der Waals surface area contributed by atoms with Gasteiger partial charge in [-0.3, -0.25) is 9.69 Å². The fraction of sp³-hybridized carbons (Fsp3) is 0.462. The van der Waals surface area contributed by atoms with Crippen LogP contribution in [-0.4, -0.2) is 41.7 Å². The van der Waals surface area contributed by atoms with Crippen LogP contribution in [0.25, 0.3) is 0 Å². The van der Waals surface area contributed by atoms with Gasteiger partial charge in [0.05, 0.1) is 6.54 Å². The molecule has 1 aromatic rings. The van der Waals surface area contributed by atoms with E-state index in [-0.39, 0.29) is 12.6 Å². The third-order valence-electron chi connectivity index (χ3n) is 2.53. The molecular weight excluding hydrogens is 254 g/mol. The molecule has 0 atom stereocenters. The van der Waals surface area contributed by atoms with E-state index >= 15 is 0 Å². The lowest BCUT2D eigenvalue weighted by molar-refractivity contribution is -0.138. The molecule has 18 heavy (non-hydrogen) atoms. The summed E-state index contributed by atoms with van der Waals surface area (Å²) in [5, 5.41) is 9.45. The predicted molar refractivity (Wildman–Crippen MR) is 71.3 cm³/mol. The van der Waals surface area contributed by atoms with Crippen LogP contribution in [0.2, 0.25) is 5.02 Å². The first kappa shape index (κ1) is 14.8. The van der Waals surface area contributed by atoms with Gasteiger partial charge in [0.2, 0.25) is 0 Å². The lowest BCUT2D eigenvalue weighted by atomic mass is 10.3. The van der Waals surface area contributed by atoms with E-state index in [1.165, 1.54) is 0 Å². The van der Waals surface area contributed by atoms with Gasteiger partial charge < -0.3 is 9.84 Å². The van der Waals surface area contributed by atoms with Crippen molar-refractivity contribution in [3.8, 4) is 5.75 Å². The Morgan fingerprint density at radius 2 is 2.00 bits per heavy atom. The largest absolute Gasteiger partial charge is 0.492 e. The standard InChI is InChI=1S/C13H18ClNO3/c1-10(2)15(9-13(16)17)7-8-18-12-5-3-11(14)4-6-12/h3-6,10H,7-9H2,1-2H3,(H,16,17). The molecule has 4 nitrogen and oxygen atoms in total. The second kappa shape index (κ2) is 7.24. The molecule has 0 saturated carbocycles. The highest BCUT2D eigenvalue weighted by molar-refractivity contribution is 6.30. The fourth-order valence-electron chi connectivity index (χ4n) is 1.51. The van der Waals surface area contributed by atoms with Crippen molar-refractivity contribution < 1.29 is 14.6 Å². The molecule has 0 aliphatic carbocycles. The third-order valence-corrected chi connectivity index (χ3v) is 2.78. The quantitative estimate of drug-likeness (QED) is 0.828. The highest BCUT2D eigenvalue weighted by Crippen LogP contribution is 2.15. The zero-order valence-corrected chi connectivity index (χ0v) is 11.4. The summed E-state index contributed by atoms with van der Waals surface area (Å²) in [6, 6.07) is 7.27. The number of nitrogens with zero attached hydrogens (tertiary/aromatic N) is 1. The molecule has 0 radical (unpaired) electrons. The number of benzene rings is 1. The molecule has 0 aromatic heterocycles. The van der Waals surface area contributed by atoms with Gasteiger partial charge in [-0.2, -0.15) is 0 Å². The molecule has 0 saturated heterocycles. The molecule has 0 unspecified atom stereocenters. The zero-order valence-electron chi connectivity index (χ0n) is 10.6. The van der Waals surface area contributed by atoms with Gasteiger partial charge in [-0.1, -0.05) is 11.6 Å². The van der Waals surface area contributed by atoms with Crippen molar-refractivity contribution in [2.24, 2.45) is 0 Å². The first-order valence-electron chi connectivity index (χ1n) is 5.83. The average Bonchev–Trinajstić information content (AvgIpc) is 2.29. The van der Waals surface area contributed by atoms with Crippen molar-refractivity contribution in [1.82, 2.24) is 4.90 Å². The predicted octanol–water partition coefficient (Wildman–Crippen LogP) is 2.51. The van der Waals surface area contributed by atoms with E-state index in [9.17, 15) is 4.79 Å². The van der Waals surface area contributed by atoms with Crippen LogP contribution in [0.5, 0.6) is 5.75 Å². The summed E-state index contributed by atoms with van der Waals surface area (Å²) in [5.74, 6) is -0.0892. The second-order valence-corrected chi connectivity index (χ2v) is 4.70. The van der Waals surface area contributed by atoms with E-state index in [1.807, 2.05) is 18.7 Å². The van der Waals surface area contributed by atoms with Gasteiger partial charge >= 0.3 is 5.97 Å². The monoisotopic (exact) mass is 271 g/mol. The first-order chi connectivity index (χ1) is 8.49. The summed E-state index contributed by atoms with van der Waals surface area (Å²) >= 11 is 5.77. The van der Waals surface area contributed by atoms with Crippen LogP contribution in [0.15, 0.2) is 24.3 Å². The number of rotatable bonds is 7. The summed E-state index contributed by atoms with van der Waals surface area (Å²) in [6.07, 6.45) is 0. The Kier molecular flexibility index (Phi) is 5.95. The van der Waals surface area contributed by atoms with Crippen molar-refractivity contribution in [2.75, 3.05) is 19.7 Å². The summed E-state index contributed by atoms with van der Waals surface area (Å²) < 4.78 is 5.53. The second-order valence-electron chi connectivity index (χ2n) is 4.26. The van der Waals surface area contributed by atoms with Gasteiger partial charge in [0.1, 0.15) is 12.4 Å². The van der Waals surface area contributed by atoms with Gasteiger partial charge in [0.15, 0.2) is 0 Å². The molecular formula is C13H18ClNO3. The number of carbonyl (C=O) groups is 1. The molecule has 100 valence electrons. The zero-order chi connectivity index (χ0) is 13.5. The van der Waals surface area contributed by atoms with E-state index in [0.29, 0.717) is 18.2 Å². The summed E-state index contributed by atoms with van der Waals surface area (Å²) in [7, 11) is 0. The number of aliphatic carboxylic acids is 1. The molecule has 0 heterocycles. The molecule has 0 spiro atoms. The van der Waals surface area contributed by atoms with Crippen LogP contribution in [0.3, 0.4) is 0 Å². The summed E-state index contributed by atoms with van der Waals surface area (Å²) in [5.41, 5.74) is 0.